The van der Waals surface area contributed by atoms with E-state index in [0.717, 1.165) is 25.3 Å². The molecule has 2 aliphatic heterocycles. The minimum Gasteiger partial charge on any atom is -0.481 e. The van der Waals surface area contributed by atoms with E-state index in [9.17, 15) is 14.7 Å². The number of amides is 1. The molecule has 136 valence electrons. The lowest BCUT2D eigenvalue weighted by atomic mass is 9.77. The molecule has 1 spiro atoms. The third-order valence-corrected chi connectivity index (χ3v) is 5.64. The fourth-order valence-corrected chi connectivity index (χ4v) is 4.15. The Balaban J connectivity index is 1.38. The summed E-state index contributed by atoms with van der Waals surface area (Å²) in [5.41, 5.74) is 1.72. The second-order valence-electron chi connectivity index (χ2n) is 7.21. The van der Waals surface area contributed by atoms with Crippen molar-refractivity contribution in [1.29, 1.82) is 0 Å². The molecule has 0 aliphatic carbocycles. The van der Waals surface area contributed by atoms with Crippen molar-refractivity contribution in [3.05, 3.63) is 48.5 Å². The number of carbonyl (C=O) groups is 2. The van der Waals surface area contributed by atoms with E-state index >= 15 is 0 Å². The Kier molecular flexibility index (Phi) is 4.24. The van der Waals surface area contributed by atoms with Gasteiger partial charge in [0.15, 0.2) is 0 Å². The average Bonchev–Trinajstić information content (AvgIpc) is 3.26. The summed E-state index contributed by atoms with van der Waals surface area (Å²) >= 11 is 0. The summed E-state index contributed by atoms with van der Waals surface area (Å²) in [6.45, 7) is 2.40. The fourth-order valence-electron chi connectivity index (χ4n) is 4.15. The summed E-state index contributed by atoms with van der Waals surface area (Å²) in [5, 5.41) is 12.4. The largest absolute Gasteiger partial charge is 0.481 e. The molecule has 2 N–H and O–H groups in total. The molecule has 2 saturated heterocycles. The first-order valence-electron chi connectivity index (χ1n) is 8.89. The maximum atomic E-state index is 11.7. The Labute approximate surface area is 151 Å². The van der Waals surface area contributed by atoms with Crippen molar-refractivity contribution in [1.82, 2.24) is 19.8 Å². The van der Waals surface area contributed by atoms with Gasteiger partial charge in [-0.3, -0.25) is 14.5 Å². The van der Waals surface area contributed by atoms with Crippen LogP contribution in [0.3, 0.4) is 0 Å². The standard InChI is InChI=1S/C19H22N4O3/c24-17-11-16(18(25)26)19(21-17)5-8-22(9-6-19)12-14-1-3-15(4-2-14)23-10-7-20-13-23/h1-4,7,10,13,16H,5-6,8-9,11-12H2,(H,21,24)(H,25,26)/t16-/m0/s1. The third-order valence-electron chi connectivity index (χ3n) is 5.64. The Morgan fingerprint density at radius 2 is 2.00 bits per heavy atom. The minimum atomic E-state index is -0.869. The quantitative estimate of drug-likeness (QED) is 0.867. The number of hydrogen-bond acceptors (Lipinski definition) is 4. The van der Waals surface area contributed by atoms with Gasteiger partial charge in [-0.05, 0) is 30.5 Å². The van der Waals surface area contributed by atoms with Crippen LogP contribution < -0.4 is 5.32 Å². The fraction of sp³-hybridized carbons (Fsp3) is 0.421. The van der Waals surface area contributed by atoms with Crippen LogP contribution >= 0.6 is 0 Å². The molecular weight excluding hydrogens is 332 g/mol. The van der Waals surface area contributed by atoms with Gasteiger partial charge in [0, 0.05) is 44.1 Å². The second-order valence-corrected chi connectivity index (χ2v) is 7.21. The second kappa shape index (κ2) is 6.57. The number of imidazole rings is 1. The molecule has 0 radical (unpaired) electrons. The first-order valence-corrected chi connectivity index (χ1v) is 8.89. The molecule has 3 heterocycles. The van der Waals surface area contributed by atoms with Crippen molar-refractivity contribution in [3.63, 3.8) is 0 Å². The van der Waals surface area contributed by atoms with Gasteiger partial charge in [0.2, 0.25) is 5.91 Å². The van der Waals surface area contributed by atoms with Crippen LogP contribution in [0.2, 0.25) is 0 Å². The number of aromatic nitrogens is 2. The topological polar surface area (TPSA) is 87.5 Å². The summed E-state index contributed by atoms with van der Waals surface area (Å²) in [6.07, 6.45) is 6.90. The average molecular weight is 354 g/mol. The highest BCUT2D eigenvalue weighted by atomic mass is 16.4. The number of carbonyl (C=O) groups excluding carboxylic acids is 1. The van der Waals surface area contributed by atoms with Crippen LogP contribution in [0.15, 0.2) is 43.0 Å². The van der Waals surface area contributed by atoms with Gasteiger partial charge < -0.3 is 15.0 Å². The summed E-state index contributed by atoms with van der Waals surface area (Å²) < 4.78 is 1.96. The van der Waals surface area contributed by atoms with E-state index in [1.54, 1.807) is 12.5 Å². The van der Waals surface area contributed by atoms with Crippen LogP contribution in [0.5, 0.6) is 0 Å². The first kappa shape index (κ1) is 16.8. The monoisotopic (exact) mass is 354 g/mol. The van der Waals surface area contributed by atoms with E-state index in [1.807, 2.05) is 10.8 Å². The van der Waals surface area contributed by atoms with Crippen LogP contribution in [0.25, 0.3) is 5.69 Å². The van der Waals surface area contributed by atoms with E-state index in [-0.39, 0.29) is 12.3 Å². The number of benzene rings is 1. The lowest BCUT2D eigenvalue weighted by Gasteiger charge is -2.41. The van der Waals surface area contributed by atoms with Gasteiger partial charge in [-0.15, -0.1) is 0 Å². The number of nitrogens with zero attached hydrogens (tertiary/aromatic N) is 3. The summed E-state index contributed by atoms with van der Waals surface area (Å²) in [6, 6.07) is 8.36. The lowest BCUT2D eigenvalue weighted by molar-refractivity contribution is -0.144. The maximum absolute atomic E-state index is 11.7. The number of piperidine rings is 1. The van der Waals surface area contributed by atoms with Crippen molar-refractivity contribution in [3.8, 4) is 5.69 Å². The van der Waals surface area contributed by atoms with Gasteiger partial charge in [0.05, 0.1) is 17.8 Å². The summed E-state index contributed by atoms with van der Waals surface area (Å²) in [4.78, 5) is 29.6. The Hall–Kier alpha value is -2.67. The van der Waals surface area contributed by atoms with E-state index in [2.05, 4.69) is 39.5 Å². The minimum absolute atomic E-state index is 0.102. The van der Waals surface area contributed by atoms with E-state index in [4.69, 9.17) is 0 Å². The molecule has 0 bridgehead atoms. The van der Waals surface area contributed by atoms with Crippen LogP contribution in [0, 0.1) is 5.92 Å². The molecule has 0 unspecified atom stereocenters. The Morgan fingerprint density at radius 3 is 2.62 bits per heavy atom. The Bertz CT molecular complexity index is 793. The molecule has 7 heteroatoms. The summed E-state index contributed by atoms with van der Waals surface area (Å²) in [5.74, 6) is -1.61. The molecule has 4 rings (SSSR count). The normalized spacial score (nSPS) is 22.5. The molecular formula is C19H22N4O3. The molecule has 1 atom stereocenters. The zero-order chi connectivity index (χ0) is 18.1. The number of aliphatic carboxylic acids is 1. The van der Waals surface area contributed by atoms with Crippen LogP contribution in [0.4, 0.5) is 0 Å². The molecule has 2 aliphatic rings. The highest BCUT2D eigenvalue weighted by Crippen LogP contribution is 2.37. The number of rotatable bonds is 4. The number of carboxylic acids is 1. The van der Waals surface area contributed by atoms with Crippen LogP contribution in [-0.4, -0.2) is 50.1 Å². The van der Waals surface area contributed by atoms with Gasteiger partial charge in [0.25, 0.3) is 0 Å². The summed E-state index contributed by atoms with van der Waals surface area (Å²) in [7, 11) is 0. The van der Waals surface area contributed by atoms with E-state index in [0.29, 0.717) is 12.8 Å². The molecule has 1 aromatic carbocycles. The lowest BCUT2D eigenvalue weighted by Crippen LogP contribution is -2.55. The van der Waals surface area contributed by atoms with Gasteiger partial charge >= 0.3 is 5.97 Å². The van der Waals surface area contributed by atoms with Crippen molar-refractivity contribution in [2.75, 3.05) is 13.1 Å². The van der Waals surface area contributed by atoms with Gasteiger partial charge in [-0.1, -0.05) is 12.1 Å². The van der Waals surface area contributed by atoms with Crippen molar-refractivity contribution in [2.45, 2.75) is 31.3 Å². The number of carboxylic acid groups (broad SMARTS) is 1. The predicted molar refractivity (Wildman–Crippen MR) is 94.7 cm³/mol. The number of likely N-dealkylation sites (tertiary alicyclic amines) is 1. The van der Waals surface area contributed by atoms with Crippen LogP contribution in [0.1, 0.15) is 24.8 Å². The van der Waals surface area contributed by atoms with Crippen molar-refractivity contribution >= 4 is 11.9 Å². The van der Waals surface area contributed by atoms with Gasteiger partial charge in [0.1, 0.15) is 0 Å². The zero-order valence-electron chi connectivity index (χ0n) is 14.5. The van der Waals surface area contributed by atoms with E-state index in [1.165, 1.54) is 5.56 Å². The molecule has 2 fully saturated rings. The SMILES string of the molecule is O=C1C[C@@H](C(=O)O)C2(CCN(Cc3ccc(-n4ccnc4)cc3)CC2)N1. The Morgan fingerprint density at radius 1 is 1.27 bits per heavy atom. The highest BCUT2D eigenvalue weighted by molar-refractivity contribution is 5.88. The predicted octanol–water partition coefficient (Wildman–Crippen LogP) is 1.43. The smallest absolute Gasteiger partial charge is 0.309 e. The third kappa shape index (κ3) is 3.10. The molecule has 1 amide bonds. The molecule has 26 heavy (non-hydrogen) atoms. The number of hydrogen-bond donors (Lipinski definition) is 2. The maximum Gasteiger partial charge on any atom is 0.309 e. The van der Waals surface area contributed by atoms with Crippen molar-refractivity contribution < 1.29 is 14.7 Å². The van der Waals surface area contributed by atoms with E-state index < -0.39 is 17.4 Å². The number of nitrogens with one attached hydrogen (secondary N) is 1. The van der Waals surface area contributed by atoms with Crippen LogP contribution in [-0.2, 0) is 16.1 Å². The highest BCUT2D eigenvalue weighted by Gasteiger charge is 2.51. The zero-order valence-corrected chi connectivity index (χ0v) is 14.5. The van der Waals surface area contributed by atoms with Gasteiger partial charge in [-0.25, -0.2) is 4.98 Å². The molecule has 2 aromatic rings. The molecule has 7 nitrogen and oxygen atoms in total. The molecule has 1 aromatic heterocycles. The molecule has 0 saturated carbocycles. The van der Waals surface area contributed by atoms with Gasteiger partial charge in [-0.2, -0.15) is 0 Å². The first-order chi connectivity index (χ1) is 12.6. The van der Waals surface area contributed by atoms with Crippen molar-refractivity contribution in [2.24, 2.45) is 5.92 Å².